The number of amides is 1. The lowest BCUT2D eigenvalue weighted by Crippen LogP contribution is -2.37. The molecule has 0 aliphatic rings. The first-order valence-electron chi connectivity index (χ1n) is 9.64. The number of hydrogen-bond donors (Lipinski definition) is 0. The van der Waals surface area contributed by atoms with Gasteiger partial charge in [0, 0.05) is 13.1 Å². The van der Waals surface area contributed by atoms with E-state index in [1.165, 1.54) is 16.7 Å². The van der Waals surface area contributed by atoms with Gasteiger partial charge in [0.1, 0.15) is 0 Å². The molecule has 6 heteroatoms. The van der Waals surface area contributed by atoms with Crippen LogP contribution in [0.4, 0.5) is 5.13 Å². The van der Waals surface area contributed by atoms with Gasteiger partial charge < -0.3 is 4.90 Å². The Kier molecular flexibility index (Phi) is 7.80. The quantitative estimate of drug-likeness (QED) is 0.545. The maximum absolute atomic E-state index is 13.3. The summed E-state index contributed by atoms with van der Waals surface area (Å²) in [6.45, 7) is 9.78. The van der Waals surface area contributed by atoms with Gasteiger partial charge in [0.05, 0.1) is 16.6 Å². The number of anilines is 1. The summed E-state index contributed by atoms with van der Waals surface area (Å²) >= 11 is 1.60. The molecule has 1 amide bonds. The largest absolute Gasteiger partial charge is 0.308 e. The van der Waals surface area contributed by atoms with E-state index in [2.05, 4.69) is 62.9 Å². The van der Waals surface area contributed by atoms with Gasteiger partial charge in [0.25, 0.3) is 0 Å². The van der Waals surface area contributed by atoms with E-state index in [1.807, 2.05) is 19.0 Å². The second-order valence-corrected chi connectivity index (χ2v) is 8.82. The van der Waals surface area contributed by atoms with Crippen molar-refractivity contribution in [1.82, 2.24) is 9.88 Å². The van der Waals surface area contributed by atoms with E-state index in [-0.39, 0.29) is 18.3 Å². The summed E-state index contributed by atoms with van der Waals surface area (Å²) in [6, 6.07) is 10.5. The maximum Gasteiger partial charge on any atom is 0.233 e. The number of thiazole rings is 1. The van der Waals surface area contributed by atoms with Crippen molar-refractivity contribution in [3.05, 3.63) is 58.1 Å². The van der Waals surface area contributed by atoms with Gasteiger partial charge in [-0.2, -0.15) is 0 Å². The summed E-state index contributed by atoms with van der Waals surface area (Å²) in [4.78, 5) is 22.1. The summed E-state index contributed by atoms with van der Waals surface area (Å²) in [7, 11) is 4.05. The molecule has 4 nitrogen and oxygen atoms in total. The van der Waals surface area contributed by atoms with E-state index >= 15 is 0 Å². The van der Waals surface area contributed by atoms with Gasteiger partial charge in [-0.1, -0.05) is 41.2 Å². The van der Waals surface area contributed by atoms with Crippen molar-refractivity contribution < 1.29 is 4.79 Å². The van der Waals surface area contributed by atoms with E-state index in [4.69, 9.17) is 4.98 Å². The van der Waals surface area contributed by atoms with E-state index in [0.717, 1.165) is 33.0 Å². The molecular formula is C23H30ClN3OS. The Hall–Kier alpha value is -1.95. The first-order valence-corrected chi connectivity index (χ1v) is 10.5. The first-order chi connectivity index (χ1) is 13.3. The second kappa shape index (κ2) is 9.70. The number of rotatable bonds is 6. The fourth-order valence-corrected chi connectivity index (χ4v) is 4.33. The smallest absolute Gasteiger partial charge is 0.233 e. The average Bonchev–Trinajstić information content (AvgIpc) is 3.05. The standard InChI is InChI=1S/C23H29N3OS.ClH/c1-15-7-9-19(17(3)13-15)14-21(27)26(12-11-25(5)6)23-24-22-18(4)16(2)8-10-20(22)28-23;/h7-10,13H,11-12,14H2,1-6H3;1H. The van der Waals surface area contributed by atoms with E-state index in [1.54, 1.807) is 11.3 Å². The number of carbonyl (C=O) groups excluding carboxylic acids is 1. The molecule has 0 saturated heterocycles. The monoisotopic (exact) mass is 431 g/mol. The predicted molar refractivity (Wildman–Crippen MR) is 127 cm³/mol. The van der Waals surface area contributed by atoms with Crippen LogP contribution in [0.15, 0.2) is 30.3 Å². The molecule has 156 valence electrons. The highest BCUT2D eigenvalue weighted by molar-refractivity contribution is 7.22. The van der Waals surface area contributed by atoms with Crippen LogP contribution in [-0.4, -0.2) is 43.0 Å². The molecular weight excluding hydrogens is 402 g/mol. The molecule has 0 aliphatic carbocycles. The van der Waals surface area contributed by atoms with Gasteiger partial charge in [0.15, 0.2) is 5.13 Å². The van der Waals surface area contributed by atoms with Gasteiger partial charge in [-0.3, -0.25) is 9.69 Å². The lowest BCUT2D eigenvalue weighted by Gasteiger charge is -2.22. The van der Waals surface area contributed by atoms with E-state index < -0.39 is 0 Å². The minimum atomic E-state index is 0. The Morgan fingerprint density at radius 1 is 1.00 bits per heavy atom. The average molecular weight is 432 g/mol. The van der Waals surface area contributed by atoms with Crippen LogP contribution in [0.3, 0.4) is 0 Å². The normalized spacial score (nSPS) is 11.0. The molecule has 0 N–H and O–H groups in total. The SMILES string of the molecule is Cc1ccc(CC(=O)N(CCN(C)C)c2nc3c(C)c(C)ccc3s2)c(C)c1.Cl. The zero-order chi connectivity index (χ0) is 20.4. The van der Waals surface area contributed by atoms with Gasteiger partial charge in [0.2, 0.25) is 5.91 Å². The van der Waals surface area contributed by atoms with Crippen LogP contribution in [0, 0.1) is 27.7 Å². The number of benzene rings is 2. The molecule has 0 radical (unpaired) electrons. The van der Waals surface area contributed by atoms with E-state index in [9.17, 15) is 4.79 Å². The number of nitrogens with zero attached hydrogens (tertiary/aromatic N) is 3. The highest BCUT2D eigenvalue weighted by Crippen LogP contribution is 2.32. The third-order valence-corrected chi connectivity index (χ3v) is 6.26. The van der Waals surface area contributed by atoms with Crippen molar-refractivity contribution in [2.45, 2.75) is 34.1 Å². The van der Waals surface area contributed by atoms with Gasteiger partial charge in [-0.05, 0) is 70.1 Å². The zero-order valence-electron chi connectivity index (χ0n) is 18.1. The van der Waals surface area contributed by atoms with Crippen LogP contribution in [-0.2, 0) is 11.2 Å². The topological polar surface area (TPSA) is 36.4 Å². The molecule has 0 atom stereocenters. The van der Waals surface area contributed by atoms with Crippen molar-refractivity contribution in [2.75, 3.05) is 32.1 Å². The molecule has 0 spiro atoms. The minimum Gasteiger partial charge on any atom is -0.308 e. The molecule has 0 unspecified atom stereocenters. The molecule has 0 bridgehead atoms. The van der Waals surface area contributed by atoms with Crippen LogP contribution in [0.25, 0.3) is 10.2 Å². The predicted octanol–water partition coefficient (Wildman–Crippen LogP) is 5.09. The third-order valence-electron chi connectivity index (χ3n) is 5.22. The minimum absolute atomic E-state index is 0. The number of fused-ring (bicyclic) bond motifs is 1. The Bertz CT molecular complexity index is 1010. The highest BCUT2D eigenvalue weighted by Gasteiger charge is 2.21. The van der Waals surface area contributed by atoms with Crippen LogP contribution >= 0.6 is 23.7 Å². The number of likely N-dealkylation sites (N-methyl/N-ethyl adjacent to an activating group) is 1. The van der Waals surface area contributed by atoms with Crippen LogP contribution < -0.4 is 4.90 Å². The lowest BCUT2D eigenvalue weighted by atomic mass is 10.0. The van der Waals surface area contributed by atoms with E-state index in [0.29, 0.717) is 13.0 Å². The maximum atomic E-state index is 13.3. The summed E-state index contributed by atoms with van der Waals surface area (Å²) in [5.41, 5.74) is 6.89. The molecule has 0 saturated carbocycles. The van der Waals surface area contributed by atoms with Crippen molar-refractivity contribution in [3.8, 4) is 0 Å². The van der Waals surface area contributed by atoms with Crippen molar-refractivity contribution in [1.29, 1.82) is 0 Å². The molecule has 29 heavy (non-hydrogen) atoms. The fourth-order valence-electron chi connectivity index (χ4n) is 3.26. The molecule has 3 aromatic rings. The number of aromatic nitrogens is 1. The van der Waals surface area contributed by atoms with Crippen LogP contribution in [0.1, 0.15) is 27.8 Å². The number of halogens is 1. The Balaban J connectivity index is 0.00000300. The lowest BCUT2D eigenvalue weighted by molar-refractivity contribution is -0.118. The van der Waals surface area contributed by atoms with Crippen LogP contribution in [0.2, 0.25) is 0 Å². The summed E-state index contributed by atoms with van der Waals surface area (Å²) < 4.78 is 1.13. The second-order valence-electron chi connectivity index (χ2n) is 7.81. The van der Waals surface area contributed by atoms with Crippen molar-refractivity contribution in [2.24, 2.45) is 0 Å². The third kappa shape index (κ3) is 5.35. The molecule has 1 aromatic heterocycles. The molecule has 1 heterocycles. The molecule has 0 aliphatic heterocycles. The number of carbonyl (C=O) groups is 1. The highest BCUT2D eigenvalue weighted by atomic mass is 35.5. The fraction of sp³-hybridized carbons (Fsp3) is 0.391. The molecule has 0 fully saturated rings. The van der Waals surface area contributed by atoms with Gasteiger partial charge in [-0.25, -0.2) is 4.98 Å². The summed E-state index contributed by atoms with van der Waals surface area (Å²) in [5.74, 6) is 0.0993. The molecule has 2 aromatic carbocycles. The Labute approximate surface area is 184 Å². The van der Waals surface area contributed by atoms with Gasteiger partial charge in [-0.15, -0.1) is 12.4 Å². The Morgan fingerprint density at radius 2 is 1.72 bits per heavy atom. The summed E-state index contributed by atoms with van der Waals surface area (Å²) in [5, 5.41) is 0.792. The number of hydrogen-bond acceptors (Lipinski definition) is 4. The van der Waals surface area contributed by atoms with Crippen LogP contribution in [0.5, 0.6) is 0 Å². The Morgan fingerprint density at radius 3 is 2.38 bits per heavy atom. The molecule has 3 rings (SSSR count). The number of aryl methyl sites for hydroxylation is 4. The van der Waals surface area contributed by atoms with Crippen molar-refractivity contribution >= 4 is 45.0 Å². The summed E-state index contributed by atoms with van der Waals surface area (Å²) in [6.07, 6.45) is 0.396. The first kappa shape index (κ1) is 23.3. The zero-order valence-corrected chi connectivity index (χ0v) is 19.7. The van der Waals surface area contributed by atoms with Gasteiger partial charge >= 0.3 is 0 Å². The van der Waals surface area contributed by atoms with Crippen molar-refractivity contribution in [3.63, 3.8) is 0 Å².